The first-order valence-corrected chi connectivity index (χ1v) is 7.72. The van der Waals surface area contributed by atoms with Crippen LogP contribution in [0.15, 0.2) is 29.6 Å². The summed E-state index contributed by atoms with van der Waals surface area (Å²) in [5, 5.41) is 14.2. The van der Waals surface area contributed by atoms with Crippen LogP contribution in [0.25, 0.3) is 0 Å². The number of hydrogen-bond donors (Lipinski definition) is 2. The van der Waals surface area contributed by atoms with Gasteiger partial charge < -0.3 is 10.4 Å². The largest absolute Gasteiger partial charge is 0.478 e. The van der Waals surface area contributed by atoms with Crippen molar-refractivity contribution in [2.75, 3.05) is 0 Å². The molecule has 0 bridgehead atoms. The Balaban J connectivity index is 1.84. The molecule has 0 aliphatic heterocycles. The number of aromatic carboxylic acids is 1. The first kappa shape index (κ1) is 14.1. The quantitative estimate of drug-likeness (QED) is 0.909. The van der Waals surface area contributed by atoms with Crippen molar-refractivity contribution in [3.05, 3.63) is 56.2 Å². The highest BCUT2D eigenvalue weighted by molar-refractivity contribution is 7.12. The Kier molecular flexibility index (Phi) is 3.69. The number of halogens is 1. The normalized spacial score (nSPS) is 16.5. The first-order chi connectivity index (χ1) is 10.1. The van der Waals surface area contributed by atoms with Crippen LogP contribution in [0.3, 0.4) is 0 Å². The summed E-state index contributed by atoms with van der Waals surface area (Å²) < 4.78 is 0. The third kappa shape index (κ3) is 2.66. The lowest BCUT2D eigenvalue weighted by Gasteiger charge is -2.14. The van der Waals surface area contributed by atoms with E-state index in [9.17, 15) is 9.59 Å². The summed E-state index contributed by atoms with van der Waals surface area (Å²) in [6.45, 7) is 0. The van der Waals surface area contributed by atoms with Gasteiger partial charge in [-0.1, -0.05) is 17.7 Å². The molecule has 1 aliphatic carbocycles. The molecule has 21 heavy (non-hydrogen) atoms. The van der Waals surface area contributed by atoms with Crippen LogP contribution < -0.4 is 5.32 Å². The van der Waals surface area contributed by atoms with Gasteiger partial charge >= 0.3 is 5.97 Å². The van der Waals surface area contributed by atoms with Gasteiger partial charge in [0.1, 0.15) is 4.88 Å². The molecule has 0 saturated heterocycles. The van der Waals surface area contributed by atoms with E-state index in [1.54, 1.807) is 23.6 Å². The Labute approximate surface area is 130 Å². The SMILES string of the molecule is O=C(O)c1ccc2c(c1)C(NC(=O)c1sccc1Cl)CC2. The van der Waals surface area contributed by atoms with Crippen molar-refractivity contribution >= 4 is 34.8 Å². The van der Waals surface area contributed by atoms with Crippen LogP contribution in [-0.4, -0.2) is 17.0 Å². The second-order valence-electron chi connectivity index (χ2n) is 4.88. The Bertz CT molecular complexity index is 725. The van der Waals surface area contributed by atoms with Crippen LogP contribution in [0.5, 0.6) is 0 Å². The summed E-state index contributed by atoms with van der Waals surface area (Å²) >= 11 is 7.25. The minimum Gasteiger partial charge on any atom is -0.478 e. The fraction of sp³-hybridized carbons (Fsp3) is 0.200. The van der Waals surface area contributed by atoms with Crippen molar-refractivity contribution in [2.45, 2.75) is 18.9 Å². The Hall–Kier alpha value is -1.85. The molecule has 4 nitrogen and oxygen atoms in total. The lowest BCUT2D eigenvalue weighted by Crippen LogP contribution is -2.26. The Morgan fingerprint density at radius 3 is 2.81 bits per heavy atom. The van der Waals surface area contributed by atoms with E-state index in [1.165, 1.54) is 11.3 Å². The van der Waals surface area contributed by atoms with Gasteiger partial charge in [0.25, 0.3) is 5.91 Å². The maximum absolute atomic E-state index is 12.2. The van der Waals surface area contributed by atoms with Gasteiger partial charge in [-0.2, -0.15) is 0 Å². The molecule has 1 atom stereocenters. The standard InChI is InChI=1S/C15H12ClNO3S/c16-11-5-6-21-13(11)14(18)17-12-4-3-8-1-2-9(15(19)20)7-10(8)12/h1-2,5-7,12H,3-4H2,(H,17,18)(H,19,20). The molecular weight excluding hydrogens is 310 g/mol. The molecule has 1 amide bonds. The van der Waals surface area contributed by atoms with Crippen molar-refractivity contribution in [3.8, 4) is 0 Å². The lowest BCUT2D eigenvalue weighted by molar-refractivity contribution is 0.0696. The number of hydrogen-bond acceptors (Lipinski definition) is 3. The smallest absolute Gasteiger partial charge is 0.335 e. The number of benzene rings is 1. The minimum atomic E-state index is -0.962. The molecule has 0 spiro atoms. The van der Waals surface area contributed by atoms with Crippen molar-refractivity contribution in [3.63, 3.8) is 0 Å². The van der Waals surface area contributed by atoms with Crippen molar-refractivity contribution in [1.29, 1.82) is 0 Å². The van der Waals surface area contributed by atoms with Gasteiger partial charge in [-0.3, -0.25) is 4.79 Å². The maximum Gasteiger partial charge on any atom is 0.335 e. The molecule has 1 unspecified atom stereocenters. The summed E-state index contributed by atoms with van der Waals surface area (Å²) in [7, 11) is 0. The maximum atomic E-state index is 12.2. The number of carbonyl (C=O) groups is 2. The zero-order valence-electron chi connectivity index (χ0n) is 10.9. The van der Waals surface area contributed by atoms with Gasteiger partial charge in [0.05, 0.1) is 16.6 Å². The molecule has 1 aromatic heterocycles. The highest BCUT2D eigenvalue weighted by Gasteiger charge is 2.26. The molecule has 0 saturated carbocycles. The Morgan fingerprint density at radius 2 is 2.14 bits per heavy atom. The molecule has 6 heteroatoms. The zero-order valence-corrected chi connectivity index (χ0v) is 12.5. The molecule has 1 aliphatic rings. The summed E-state index contributed by atoms with van der Waals surface area (Å²) in [6, 6.07) is 6.59. The van der Waals surface area contributed by atoms with Crippen LogP contribution >= 0.6 is 22.9 Å². The van der Waals surface area contributed by atoms with E-state index in [2.05, 4.69) is 5.32 Å². The molecule has 2 aromatic rings. The topological polar surface area (TPSA) is 66.4 Å². The number of amides is 1. The monoisotopic (exact) mass is 321 g/mol. The van der Waals surface area contributed by atoms with Crippen LogP contribution in [0.1, 0.15) is 43.6 Å². The number of aryl methyl sites for hydroxylation is 1. The van der Waals surface area contributed by atoms with E-state index in [-0.39, 0.29) is 17.5 Å². The van der Waals surface area contributed by atoms with Crippen LogP contribution in [0.4, 0.5) is 0 Å². The van der Waals surface area contributed by atoms with Crippen molar-refractivity contribution in [1.82, 2.24) is 5.32 Å². The number of rotatable bonds is 3. The van der Waals surface area contributed by atoms with Gasteiger partial charge in [-0.05, 0) is 47.5 Å². The zero-order chi connectivity index (χ0) is 15.0. The second-order valence-corrected chi connectivity index (χ2v) is 6.20. The van der Waals surface area contributed by atoms with Gasteiger partial charge in [0.15, 0.2) is 0 Å². The summed E-state index contributed by atoms with van der Waals surface area (Å²) in [5.41, 5.74) is 2.21. The summed E-state index contributed by atoms with van der Waals surface area (Å²) in [5.74, 6) is -1.18. The molecule has 108 valence electrons. The summed E-state index contributed by atoms with van der Waals surface area (Å²) in [4.78, 5) is 23.8. The minimum absolute atomic E-state index is 0.162. The molecule has 0 radical (unpaired) electrons. The molecule has 0 fully saturated rings. The van der Waals surface area contributed by atoms with Crippen molar-refractivity contribution < 1.29 is 14.7 Å². The molecular formula is C15H12ClNO3S. The molecule has 1 aromatic carbocycles. The number of fused-ring (bicyclic) bond motifs is 1. The van der Waals surface area contributed by atoms with Gasteiger partial charge in [-0.15, -0.1) is 11.3 Å². The van der Waals surface area contributed by atoms with E-state index < -0.39 is 5.97 Å². The predicted molar refractivity (Wildman–Crippen MR) is 81.3 cm³/mol. The second kappa shape index (κ2) is 5.50. The predicted octanol–water partition coefficient (Wildman–Crippen LogP) is 3.52. The van der Waals surface area contributed by atoms with Crippen LogP contribution in [0.2, 0.25) is 5.02 Å². The van der Waals surface area contributed by atoms with Crippen molar-refractivity contribution in [2.24, 2.45) is 0 Å². The van der Waals surface area contributed by atoms with E-state index in [0.717, 1.165) is 24.0 Å². The lowest BCUT2D eigenvalue weighted by atomic mass is 10.0. The molecule has 1 heterocycles. The number of nitrogens with one attached hydrogen (secondary N) is 1. The highest BCUT2D eigenvalue weighted by atomic mass is 35.5. The van der Waals surface area contributed by atoms with Crippen LogP contribution in [0, 0.1) is 0 Å². The third-order valence-electron chi connectivity index (χ3n) is 3.60. The van der Waals surface area contributed by atoms with E-state index >= 15 is 0 Å². The average Bonchev–Trinajstić information content (AvgIpc) is 3.05. The van der Waals surface area contributed by atoms with Gasteiger partial charge in [0.2, 0.25) is 0 Å². The first-order valence-electron chi connectivity index (χ1n) is 6.46. The fourth-order valence-corrected chi connectivity index (χ4v) is 3.61. The third-order valence-corrected chi connectivity index (χ3v) is 4.94. The highest BCUT2D eigenvalue weighted by Crippen LogP contribution is 2.33. The van der Waals surface area contributed by atoms with E-state index in [0.29, 0.717) is 9.90 Å². The molecule has 2 N–H and O–H groups in total. The molecule has 3 rings (SSSR count). The number of thiophene rings is 1. The van der Waals surface area contributed by atoms with Gasteiger partial charge in [-0.25, -0.2) is 4.79 Å². The number of carboxylic acid groups (broad SMARTS) is 1. The van der Waals surface area contributed by atoms with E-state index in [1.807, 2.05) is 6.07 Å². The van der Waals surface area contributed by atoms with Gasteiger partial charge in [0, 0.05) is 0 Å². The van der Waals surface area contributed by atoms with E-state index in [4.69, 9.17) is 16.7 Å². The van der Waals surface area contributed by atoms with Crippen LogP contribution in [-0.2, 0) is 6.42 Å². The number of carboxylic acids is 1. The summed E-state index contributed by atoms with van der Waals surface area (Å²) in [6.07, 6.45) is 1.60. The fourth-order valence-electron chi connectivity index (χ4n) is 2.56. The number of carbonyl (C=O) groups excluding carboxylic acids is 1. The average molecular weight is 322 g/mol. The Morgan fingerprint density at radius 1 is 1.33 bits per heavy atom.